The fourth-order valence-corrected chi connectivity index (χ4v) is 3.69. The lowest BCUT2D eigenvalue weighted by molar-refractivity contribution is 0.122. The standard InChI is InChI=1S/C19H26FN5OS.HI/c1-14-23-16(13-27-14)12-24(3)19(21-2)22-11-15-4-5-18(17(20)10-15)25-6-8-26-9-7-25;/h4-5,10,13H,6-9,11-12H2,1-3H3,(H,21,22);1H. The highest BCUT2D eigenvalue weighted by Gasteiger charge is 2.15. The zero-order valence-corrected chi connectivity index (χ0v) is 19.6. The van der Waals surface area contributed by atoms with Gasteiger partial charge in [0.2, 0.25) is 0 Å². The van der Waals surface area contributed by atoms with Crippen LogP contribution in [0.3, 0.4) is 0 Å². The van der Waals surface area contributed by atoms with Gasteiger partial charge in [0.1, 0.15) is 5.82 Å². The van der Waals surface area contributed by atoms with Gasteiger partial charge in [0.15, 0.2) is 5.96 Å². The number of ether oxygens (including phenoxy) is 1. The van der Waals surface area contributed by atoms with Crippen LogP contribution in [0, 0.1) is 12.7 Å². The van der Waals surface area contributed by atoms with Crippen LogP contribution in [0.5, 0.6) is 0 Å². The molecule has 1 aliphatic heterocycles. The summed E-state index contributed by atoms with van der Waals surface area (Å²) < 4.78 is 19.9. The molecule has 2 heterocycles. The fourth-order valence-electron chi connectivity index (χ4n) is 3.09. The van der Waals surface area contributed by atoms with Crippen LogP contribution in [-0.2, 0) is 17.8 Å². The molecule has 1 aliphatic rings. The lowest BCUT2D eigenvalue weighted by Gasteiger charge is -2.29. The van der Waals surface area contributed by atoms with E-state index >= 15 is 0 Å². The van der Waals surface area contributed by atoms with E-state index in [-0.39, 0.29) is 29.8 Å². The van der Waals surface area contributed by atoms with Crippen molar-refractivity contribution in [3.05, 3.63) is 45.7 Å². The summed E-state index contributed by atoms with van der Waals surface area (Å²) in [6, 6.07) is 5.40. The number of aryl methyl sites for hydroxylation is 1. The zero-order chi connectivity index (χ0) is 19.2. The third-order valence-corrected chi connectivity index (χ3v) is 5.28. The summed E-state index contributed by atoms with van der Waals surface area (Å²) in [5, 5.41) is 6.40. The Hall–Kier alpha value is -1.46. The lowest BCUT2D eigenvalue weighted by Crippen LogP contribution is -2.38. The predicted molar refractivity (Wildman–Crippen MR) is 123 cm³/mol. The quantitative estimate of drug-likeness (QED) is 0.374. The summed E-state index contributed by atoms with van der Waals surface area (Å²) in [6.45, 7) is 5.91. The van der Waals surface area contributed by atoms with E-state index < -0.39 is 0 Å². The molecule has 1 aromatic carbocycles. The smallest absolute Gasteiger partial charge is 0.194 e. The molecule has 1 fully saturated rings. The Labute approximate surface area is 186 Å². The normalized spacial score (nSPS) is 14.6. The van der Waals surface area contributed by atoms with Gasteiger partial charge in [-0.3, -0.25) is 4.99 Å². The lowest BCUT2D eigenvalue weighted by atomic mass is 10.1. The van der Waals surface area contributed by atoms with E-state index in [9.17, 15) is 4.39 Å². The van der Waals surface area contributed by atoms with Crippen molar-refractivity contribution in [2.24, 2.45) is 4.99 Å². The first-order valence-electron chi connectivity index (χ1n) is 9.00. The molecule has 0 saturated carbocycles. The first-order valence-corrected chi connectivity index (χ1v) is 9.88. The second-order valence-corrected chi connectivity index (χ2v) is 7.56. The molecule has 28 heavy (non-hydrogen) atoms. The van der Waals surface area contributed by atoms with Crippen LogP contribution in [0.25, 0.3) is 0 Å². The molecule has 9 heteroatoms. The van der Waals surface area contributed by atoms with Gasteiger partial charge in [0, 0.05) is 39.1 Å². The van der Waals surface area contributed by atoms with E-state index in [0.29, 0.717) is 32.0 Å². The molecule has 6 nitrogen and oxygen atoms in total. The minimum Gasteiger partial charge on any atom is -0.378 e. The monoisotopic (exact) mass is 519 g/mol. The Kier molecular flexibility index (Phi) is 8.90. The number of aromatic nitrogens is 1. The van der Waals surface area contributed by atoms with E-state index in [4.69, 9.17) is 4.74 Å². The van der Waals surface area contributed by atoms with E-state index in [1.165, 1.54) is 0 Å². The molecule has 0 aliphatic carbocycles. The third kappa shape index (κ3) is 6.02. The molecule has 3 rings (SSSR count). The molecular formula is C19H27FIN5OS. The van der Waals surface area contributed by atoms with Crippen molar-refractivity contribution in [2.75, 3.05) is 45.3 Å². The number of benzene rings is 1. The summed E-state index contributed by atoms with van der Waals surface area (Å²) >= 11 is 1.64. The van der Waals surface area contributed by atoms with Crippen LogP contribution in [0.1, 0.15) is 16.3 Å². The van der Waals surface area contributed by atoms with Crippen molar-refractivity contribution in [1.29, 1.82) is 0 Å². The number of guanidine groups is 1. The summed E-state index contributed by atoms with van der Waals surface area (Å²) in [5.74, 6) is 0.552. The van der Waals surface area contributed by atoms with Crippen LogP contribution < -0.4 is 10.2 Å². The molecular weight excluding hydrogens is 492 g/mol. The highest BCUT2D eigenvalue weighted by molar-refractivity contribution is 14.0. The SMILES string of the molecule is CN=C(NCc1ccc(N2CCOCC2)c(F)c1)N(C)Cc1csc(C)n1.I. The van der Waals surface area contributed by atoms with Gasteiger partial charge in [-0.15, -0.1) is 35.3 Å². The Bertz CT molecular complexity index is 794. The first-order chi connectivity index (χ1) is 13.1. The van der Waals surface area contributed by atoms with Crippen LogP contribution >= 0.6 is 35.3 Å². The number of thiazole rings is 1. The van der Waals surface area contributed by atoms with Crippen molar-refractivity contribution in [3.8, 4) is 0 Å². The van der Waals surface area contributed by atoms with Gasteiger partial charge in [0.25, 0.3) is 0 Å². The highest BCUT2D eigenvalue weighted by Crippen LogP contribution is 2.21. The summed E-state index contributed by atoms with van der Waals surface area (Å²) in [5.41, 5.74) is 2.54. The van der Waals surface area contributed by atoms with Crippen LogP contribution in [0.4, 0.5) is 10.1 Å². The van der Waals surface area contributed by atoms with Gasteiger partial charge in [-0.1, -0.05) is 6.07 Å². The van der Waals surface area contributed by atoms with Crippen LogP contribution in [0.2, 0.25) is 0 Å². The molecule has 0 unspecified atom stereocenters. The highest BCUT2D eigenvalue weighted by atomic mass is 127. The number of hydrogen-bond acceptors (Lipinski definition) is 5. The van der Waals surface area contributed by atoms with Gasteiger partial charge < -0.3 is 19.9 Å². The van der Waals surface area contributed by atoms with Crippen molar-refractivity contribution >= 4 is 47.0 Å². The minimum absolute atomic E-state index is 0. The minimum atomic E-state index is -0.197. The topological polar surface area (TPSA) is 53.0 Å². The van der Waals surface area contributed by atoms with E-state index in [1.54, 1.807) is 24.5 Å². The van der Waals surface area contributed by atoms with Crippen molar-refractivity contribution in [1.82, 2.24) is 15.2 Å². The fraction of sp³-hybridized carbons (Fsp3) is 0.474. The van der Waals surface area contributed by atoms with E-state index in [2.05, 4.69) is 20.7 Å². The van der Waals surface area contributed by atoms with Crippen LogP contribution in [0.15, 0.2) is 28.6 Å². The number of nitrogens with one attached hydrogen (secondary N) is 1. The Morgan fingerprint density at radius 1 is 1.39 bits per heavy atom. The molecule has 0 amide bonds. The molecule has 0 radical (unpaired) electrons. The number of hydrogen-bond donors (Lipinski definition) is 1. The maximum atomic E-state index is 14.5. The van der Waals surface area contributed by atoms with Crippen molar-refractivity contribution in [3.63, 3.8) is 0 Å². The van der Waals surface area contributed by atoms with Gasteiger partial charge in [-0.05, 0) is 24.6 Å². The maximum absolute atomic E-state index is 14.5. The predicted octanol–water partition coefficient (Wildman–Crippen LogP) is 3.25. The largest absolute Gasteiger partial charge is 0.378 e. The second kappa shape index (κ2) is 10.9. The number of aliphatic imine (C=N–C) groups is 1. The number of morpholine rings is 1. The second-order valence-electron chi connectivity index (χ2n) is 6.50. The van der Waals surface area contributed by atoms with Gasteiger partial charge in [-0.2, -0.15) is 0 Å². The average molecular weight is 519 g/mol. The van der Waals surface area contributed by atoms with Gasteiger partial charge in [-0.25, -0.2) is 9.37 Å². The van der Waals surface area contributed by atoms with Crippen molar-refractivity contribution in [2.45, 2.75) is 20.0 Å². The Balaban J connectivity index is 0.00000280. The first kappa shape index (κ1) is 22.8. The number of anilines is 1. The molecule has 0 spiro atoms. The van der Waals surface area contributed by atoms with Crippen LogP contribution in [-0.4, -0.2) is 56.2 Å². The number of rotatable bonds is 5. The summed E-state index contributed by atoms with van der Waals surface area (Å²) in [6.07, 6.45) is 0. The Morgan fingerprint density at radius 2 is 2.14 bits per heavy atom. The molecule has 154 valence electrons. The third-order valence-electron chi connectivity index (χ3n) is 4.45. The van der Waals surface area contributed by atoms with Gasteiger partial charge in [0.05, 0.1) is 36.1 Å². The zero-order valence-electron chi connectivity index (χ0n) is 16.4. The van der Waals surface area contributed by atoms with E-state index in [0.717, 1.165) is 35.3 Å². The average Bonchev–Trinajstić information content (AvgIpc) is 3.07. The summed E-state index contributed by atoms with van der Waals surface area (Å²) in [4.78, 5) is 12.8. The van der Waals surface area contributed by atoms with Crippen molar-refractivity contribution < 1.29 is 9.13 Å². The molecule has 1 saturated heterocycles. The molecule has 0 bridgehead atoms. The molecule has 1 aromatic heterocycles. The molecule has 2 aromatic rings. The van der Waals surface area contributed by atoms with E-state index in [1.807, 2.05) is 35.9 Å². The number of nitrogens with zero attached hydrogens (tertiary/aromatic N) is 4. The van der Waals surface area contributed by atoms with Gasteiger partial charge >= 0.3 is 0 Å². The number of halogens is 2. The maximum Gasteiger partial charge on any atom is 0.194 e. The molecule has 1 N–H and O–H groups in total. The molecule has 0 atom stereocenters. The summed E-state index contributed by atoms with van der Waals surface area (Å²) in [7, 11) is 3.71. The Morgan fingerprint density at radius 3 is 2.75 bits per heavy atom.